The predicted molar refractivity (Wildman–Crippen MR) is 85.4 cm³/mol. The molecule has 0 aliphatic heterocycles. The van der Waals surface area contributed by atoms with Crippen LogP contribution in [-0.2, 0) is 11.3 Å². The van der Waals surface area contributed by atoms with Gasteiger partial charge < -0.3 is 15.5 Å². The largest absolute Gasteiger partial charge is 0.362 e. The van der Waals surface area contributed by atoms with Gasteiger partial charge in [0.25, 0.3) is 0 Å². The minimum absolute atomic E-state index is 0.00725. The molecule has 1 aromatic rings. The number of benzene rings is 1. The van der Waals surface area contributed by atoms with Crippen molar-refractivity contribution in [3.8, 4) is 0 Å². The Balaban J connectivity index is 3.04. The smallest absolute Gasteiger partial charge is 0.239 e. The molecule has 5 heteroatoms. The maximum atomic E-state index is 11.7. The Morgan fingerprint density at radius 1 is 1.35 bits per heavy atom. The molecular weight excluding hydrogens is 274 g/mol. The van der Waals surface area contributed by atoms with E-state index < -0.39 is 0 Å². The summed E-state index contributed by atoms with van der Waals surface area (Å²) in [5, 5.41) is 6.71. The van der Waals surface area contributed by atoms with Crippen LogP contribution < -0.4 is 15.5 Å². The van der Waals surface area contributed by atoms with E-state index in [-0.39, 0.29) is 5.91 Å². The average Bonchev–Trinajstić information content (AvgIpc) is 2.45. The summed E-state index contributed by atoms with van der Waals surface area (Å²) in [5.74, 6) is 0.00725. The molecule has 2 N–H and O–H groups in total. The highest BCUT2D eigenvalue weighted by Crippen LogP contribution is 2.27. The Kier molecular flexibility index (Phi) is 7.41. The lowest BCUT2D eigenvalue weighted by Crippen LogP contribution is -2.37. The van der Waals surface area contributed by atoms with Crippen LogP contribution >= 0.6 is 11.6 Å². The third-order valence-electron chi connectivity index (χ3n) is 3.09. The van der Waals surface area contributed by atoms with Crippen molar-refractivity contribution in [2.24, 2.45) is 0 Å². The molecule has 1 amide bonds. The van der Waals surface area contributed by atoms with Gasteiger partial charge in [0.05, 0.1) is 6.54 Å². The summed E-state index contributed by atoms with van der Waals surface area (Å²) in [5.41, 5.74) is 2.08. The van der Waals surface area contributed by atoms with Gasteiger partial charge in [0.15, 0.2) is 0 Å². The molecule has 112 valence electrons. The molecule has 0 heterocycles. The third-order valence-corrected chi connectivity index (χ3v) is 3.45. The fraction of sp³-hybridized carbons (Fsp3) is 0.533. The van der Waals surface area contributed by atoms with E-state index in [0.29, 0.717) is 13.1 Å². The number of halogens is 1. The SMILES string of the molecule is CCCN(CC(=O)NC)c1cccc(Cl)c1CNCC. The van der Waals surface area contributed by atoms with Crippen LogP contribution in [0.25, 0.3) is 0 Å². The second-order valence-electron chi connectivity index (χ2n) is 4.61. The number of carbonyl (C=O) groups excluding carboxylic acids is 1. The van der Waals surface area contributed by atoms with Gasteiger partial charge in [-0.05, 0) is 25.1 Å². The second kappa shape index (κ2) is 8.82. The Labute approximate surface area is 126 Å². The predicted octanol–water partition coefficient (Wildman–Crippen LogP) is 2.41. The lowest BCUT2D eigenvalue weighted by molar-refractivity contribution is -0.119. The second-order valence-corrected chi connectivity index (χ2v) is 5.02. The number of carbonyl (C=O) groups is 1. The van der Waals surface area contributed by atoms with Gasteiger partial charge in [-0.25, -0.2) is 0 Å². The third kappa shape index (κ3) is 4.69. The number of hydrogen-bond donors (Lipinski definition) is 2. The first-order valence-electron chi connectivity index (χ1n) is 7.07. The summed E-state index contributed by atoms with van der Waals surface area (Å²) in [6.45, 7) is 6.93. The highest BCUT2D eigenvalue weighted by Gasteiger charge is 2.15. The molecule has 0 unspecified atom stereocenters. The Morgan fingerprint density at radius 2 is 2.10 bits per heavy atom. The van der Waals surface area contributed by atoms with E-state index in [1.165, 1.54) is 0 Å². The maximum Gasteiger partial charge on any atom is 0.239 e. The van der Waals surface area contributed by atoms with E-state index in [1.807, 2.05) is 18.2 Å². The van der Waals surface area contributed by atoms with E-state index in [9.17, 15) is 4.79 Å². The Bertz CT molecular complexity index is 437. The summed E-state index contributed by atoms with van der Waals surface area (Å²) in [6, 6.07) is 5.85. The first-order valence-corrected chi connectivity index (χ1v) is 7.45. The van der Waals surface area contributed by atoms with Crippen molar-refractivity contribution < 1.29 is 4.79 Å². The van der Waals surface area contributed by atoms with Crippen molar-refractivity contribution in [3.63, 3.8) is 0 Å². The molecule has 0 atom stereocenters. The monoisotopic (exact) mass is 297 g/mol. The fourth-order valence-electron chi connectivity index (χ4n) is 2.08. The molecule has 0 bridgehead atoms. The number of nitrogens with zero attached hydrogens (tertiary/aromatic N) is 1. The topological polar surface area (TPSA) is 44.4 Å². The van der Waals surface area contributed by atoms with Crippen LogP contribution in [0.3, 0.4) is 0 Å². The Morgan fingerprint density at radius 3 is 2.70 bits per heavy atom. The van der Waals surface area contributed by atoms with Crippen molar-refractivity contribution >= 4 is 23.2 Å². The number of likely N-dealkylation sites (N-methyl/N-ethyl adjacent to an activating group) is 1. The van der Waals surface area contributed by atoms with E-state index >= 15 is 0 Å². The van der Waals surface area contributed by atoms with Crippen molar-refractivity contribution in [1.29, 1.82) is 0 Å². The first-order chi connectivity index (χ1) is 9.63. The first kappa shape index (κ1) is 16.8. The molecule has 0 aromatic heterocycles. The number of anilines is 1. The lowest BCUT2D eigenvalue weighted by atomic mass is 10.1. The molecule has 4 nitrogen and oxygen atoms in total. The molecule has 1 rings (SSSR count). The normalized spacial score (nSPS) is 10.4. The number of rotatable bonds is 8. The number of hydrogen-bond acceptors (Lipinski definition) is 3. The van der Waals surface area contributed by atoms with Crippen LogP contribution in [0.15, 0.2) is 18.2 Å². The van der Waals surface area contributed by atoms with Crippen molar-refractivity contribution in [2.45, 2.75) is 26.8 Å². The molecule has 20 heavy (non-hydrogen) atoms. The quantitative estimate of drug-likeness (QED) is 0.774. The van der Waals surface area contributed by atoms with Crippen LogP contribution in [0.4, 0.5) is 5.69 Å². The summed E-state index contributed by atoms with van der Waals surface area (Å²) >= 11 is 6.31. The zero-order chi connectivity index (χ0) is 15.0. The van der Waals surface area contributed by atoms with Crippen molar-refractivity contribution in [2.75, 3.05) is 31.6 Å². The molecule has 0 aliphatic carbocycles. The number of nitrogens with one attached hydrogen (secondary N) is 2. The van der Waals surface area contributed by atoms with Gasteiger partial charge in [-0.15, -0.1) is 0 Å². The van der Waals surface area contributed by atoms with Gasteiger partial charge in [0.2, 0.25) is 5.91 Å². The van der Waals surface area contributed by atoms with E-state index in [2.05, 4.69) is 29.4 Å². The molecule has 0 spiro atoms. The number of amides is 1. The summed E-state index contributed by atoms with van der Waals surface area (Å²) in [4.78, 5) is 13.8. The fourth-order valence-corrected chi connectivity index (χ4v) is 2.31. The van der Waals surface area contributed by atoms with Gasteiger partial charge in [0.1, 0.15) is 0 Å². The highest BCUT2D eigenvalue weighted by atomic mass is 35.5. The molecule has 0 fully saturated rings. The van der Waals surface area contributed by atoms with E-state index in [1.54, 1.807) is 7.05 Å². The zero-order valence-electron chi connectivity index (χ0n) is 12.5. The van der Waals surface area contributed by atoms with Crippen LogP contribution in [0.1, 0.15) is 25.8 Å². The maximum absolute atomic E-state index is 11.7. The van der Waals surface area contributed by atoms with Crippen LogP contribution in [0.5, 0.6) is 0 Å². The van der Waals surface area contributed by atoms with Crippen LogP contribution in [-0.4, -0.2) is 32.6 Å². The summed E-state index contributed by atoms with van der Waals surface area (Å²) < 4.78 is 0. The molecule has 1 aromatic carbocycles. The van der Waals surface area contributed by atoms with Crippen molar-refractivity contribution in [1.82, 2.24) is 10.6 Å². The molecule has 0 aliphatic rings. The molecule has 0 saturated heterocycles. The minimum Gasteiger partial charge on any atom is -0.362 e. The lowest BCUT2D eigenvalue weighted by Gasteiger charge is -2.26. The Hall–Kier alpha value is -1.26. The molecular formula is C15H24ClN3O. The average molecular weight is 298 g/mol. The van der Waals surface area contributed by atoms with Crippen LogP contribution in [0.2, 0.25) is 5.02 Å². The van der Waals surface area contributed by atoms with Gasteiger partial charge in [0, 0.05) is 36.4 Å². The van der Waals surface area contributed by atoms with Gasteiger partial charge in [-0.1, -0.05) is 31.5 Å². The van der Waals surface area contributed by atoms with Gasteiger partial charge >= 0.3 is 0 Å². The highest BCUT2D eigenvalue weighted by molar-refractivity contribution is 6.31. The molecule has 0 radical (unpaired) electrons. The van der Waals surface area contributed by atoms with Crippen molar-refractivity contribution in [3.05, 3.63) is 28.8 Å². The summed E-state index contributed by atoms with van der Waals surface area (Å²) in [7, 11) is 1.66. The minimum atomic E-state index is 0.00725. The summed E-state index contributed by atoms with van der Waals surface area (Å²) in [6.07, 6.45) is 0.976. The van der Waals surface area contributed by atoms with E-state index in [0.717, 1.165) is 35.8 Å². The van der Waals surface area contributed by atoms with Gasteiger partial charge in [-0.2, -0.15) is 0 Å². The zero-order valence-corrected chi connectivity index (χ0v) is 13.3. The standard InChI is InChI=1S/C15H24ClN3O/c1-4-9-19(11-15(20)17-3)14-8-6-7-13(16)12(14)10-18-5-2/h6-8,18H,4-5,9-11H2,1-3H3,(H,17,20). The molecule has 0 saturated carbocycles. The van der Waals surface area contributed by atoms with Gasteiger partial charge in [-0.3, -0.25) is 4.79 Å². The van der Waals surface area contributed by atoms with Crippen LogP contribution in [0, 0.1) is 0 Å². The van der Waals surface area contributed by atoms with E-state index in [4.69, 9.17) is 11.6 Å².